The summed E-state index contributed by atoms with van der Waals surface area (Å²) in [6.45, 7) is 3.07. The minimum atomic E-state index is -0.221. The number of cyclic esters (lactones) is 1. The van der Waals surface area contributed by atoms with Gasteiger partial charge in [-0.05, 0) is 13.3 Å². The predicted octanol–water partition coefficient (Wildman–Crippen LogP) is 2.46. The van der Waals surface area contributed by atoms with E-state index in [-0.39, 0.29) is 30.1 Å². The summed E-state index contributed by atoms with van der Waals surface area (Å²) in [6, 6.07) is -0.0737. The van der Waals surface area contributed by atoms with E-state index in [9.17, 15) is 9.59 Å². The number of carbonyl (C=O) groups excluding carboxylic acids is 2. The summed E-state index contributed by atoms with van der Waals surface area (Å²) in [6.07, 6.45) is 6.16. The van der Waals surface area contributed by atoms with E-state index in [0.29, 0.717) is 49.8 Å². The molecule has 5 rings (SSSR count). The van der Waals surface area contributed by atoms with Gasteiger partial charge in [0.05, 0.1) is 35.9 Å². The number of carbonyl (C=O) groups is 2. The van der Waals surface area contributed by atoms with Gasteiger partial charge in [0.1, 0.15) is 5.78 Å². The molecular weight excluding hydrogens is 388 g/mol. The van der Waals surface area contributed by atoms with Gasteiger partial charge in [0, 0.05) is 44.0 Å². The molecule has 0 spiro atoms. The summed E-state index contributed by atoms with van der Waals surface area (Å²) in [5.41, 5.74) is 2.15. The van der Waals surface area contributed by atoms with Gasteiger partial charge in [0.2, 0.25) is 5.89 Å². The molecule has 10 nitrogen and oxygen atoms in total. The molecule has 1 saturated heterocycles. The minimum absolute atomic E-state index is 0.0252. The smallest absolute Gasteiger partial charge is 0.307 e. The number of anilines is 1. The average Bonchev–Trinajstić information content (AvgIpc) is 3.47. The molecule has 1 aliphatic heterocycles. The van der Waals surface area contributed by atoms with E-state index in [1.165, 1.54) is 0 Å². The lowest BCUT2D eigenvalue weighted by molar-refractivity contribution is -0.147. The highest BCUT2D eigenvalue weighted by molar-refractivity contribution is 5.96. The van der Waals surface area contributed by atoms with Gasteiger partial charge in [-0.2, -0.15) is 5.10 Å². The molecule has 1 saturated carbocycles. The molecule has 0 radical (unpaired) electrons. The van der Waals surface area contributed by atoms with Crippen LogP contribution in [0.5, 0.6) is 0 Å². The number of Topliss-reactive ketones (excluding diaryl/α,β-unsaturated/α-hetero) is 1. The topological polar surface area (TPSA) is 125 Å². The first-order chi connectivity index (χ1) is 14.6. The number of esters is 1. The molecule has 10 heteroatoms. The number of ether oxygens (including phenoxy) is 1. The van der Waals surface area contributed by atoms with Crippen LogP contribution < -0.4 is 5.32 Å². The van der Waals surface area contributed by atoms with Crippen molar-refractivity contribution in [3.8, 4) is 11.5 Å². The van der Waals surface area contributed by atoms with E-state index in [0.717, 1.165) is 23.1 Å². The van der Waals surface area contributed by atoms with Crippen molar-refractivity contribution in [1.82, 2.24) is 25.0 Å². The third-order valence-electron chi connectivity index (χ3n) is 5.72. The van der Waals surface area contributed by atoms with Gasteiger partial charge in [0.15, 0.2) is 5.65 Å². The van der Waals surface area contributed by atoms with E-state index >= 15 is 0 Å². The first-order valence-corrected chi connectivity index (χ1v) is 10.2. The number of hydrogen-bond acceptors (Lipinski definition) is 9. The van der Waals surface area contributed by atoms with Gasteiger partial charge in [-0.3, -0.25) is 9.59 Å². The number of rotatable bonds is 5. The van der Waals surface area contributed by atoms with E-state index in [2.05, 4.69) is 25.6 Å². The normalized spacial score (nSPS) is 21.9. The molecular formula is C20H22N6O4. The van der Waals surface area contributed by atoms with Crippen LogP contribution in [0.15, 0.2) is 16.8 Å². The van der Waals surface area contributed by atoms with E-state index < -0.39 is 0 Å². The first-order valence-electron chi connectivity index (χ1n) is 10.2. The third-order valence-corrected chi connectivity index (χ3v) is 5.72. The Balaban J connectivity index is 1.55. The Hall–Kier alpha value is -3.30. The maximum absolute atomic E-state index is 11.8. The third kappa shape index (κ3) is 3.31. The standard InChI is InChI=1S/C20H22N6O4/c1-2-26-18-14(10-22-26)17(23-12-5-6-29-16(28)8-12)15(9-21-18)20-25-24-19(30-20)11-3-4-13(27)7-11/h9-12H,2-8H2,1H3,(H,21,23). The van der Waals surface area contributed by atoms with Crippen molar-refractivity contribution in [2.24, 2.45) is 0 Å². The summed E-state index contributed by atoms with van der Waals surface area (Å²) >= 11 is 0. The molecule has 2 aliphatic rings. The first kappa shape index (κ1) is 18.7. The Morgan fingerprint density at radius 1 is 1.20 bits per heavy atom. The van der Waals surface area contributed by atoms with Crippen LogP contribution in [0.1, 0.15) is 50.8 Å². The summed E-state index contributed by atoms with van der Waals surface area (Å²) in [4.78, 5) is 27.9. The van der Waals surface area contributed by atoms with Gasteiger partial charge in [0.25, 0.3) is 5.89 Å². The van der Waals surface area contributed by atoms with Crippen LogP contribution in [-0.2, 0) is 20.9 Å². The number of aromatic nitrogens is 5. The Morgan fingerprint density at radius 3 is 2.87 bits per heavy atom. The quantitative estimate of drug-likeness (QED) is 0.631. The maximum atomic E-state index is 11.8. The molecule has 2 atom stereocenters. The number of ketones is 1. The highest BCUT2D eigenvalue weighted by Crippen LogP contribution is 2.37. The molecule has 2 unspecified atom stereocenters. The molecule has 3 aromatic rings. The lowest BCUT2D eigenvalue weighted by atomic mass is 10.1. The van der Waals surface area contributed by atoms with Gasteiger partial charge in [-0.1, -0.05) is 0 Å². The van der Waals surface area contributed by atoms with Gasteiger partial charge in [-0.25, -0.2) is 9.67 Å². The molecule has 156 valence electrons. The summed E-state index contributed by atoms with van der Waals surface area (Å²) < 4.78 is 12.8. The second-order valence-corrected chi connectivity index (χ2v) is 7.72. The van der Waals surface area contributed by atoms with Crippen LogP contribution in [0.4, 0.5) is 5.69 Å². The largest absolute Gasteiger partial charge is 0.466 e. The number of nitrogens with one attached hydrogen (secondary N) is 1. The Labute approximate surface area is 172 Å². The minimum Gasteiger partial charge on any atom is -0.466 e. The average molecular weight is 410 g/mol. The Kier molecular flexibility index (Phi) is 4.68. The number of fused-ring (bicyclic) bond motifs is 1. The highest BCUT2D eigenvalue weighted by atomic mass is 16.5. The predicted molar refractivity (Wildman–Crippen MR) is 106 cm³/mol. The number of pyridine rings is 1. The van der Waals surface area contributed by atoms with E-state index in [1.807, 2.05) is 11.6 Å². The van der Waals surface area contributed by atoms with Crippen LogP contribution in [0.25, 0.3) is 22.5 Å². The number of aryl methyl sites for hydroxylation is 1. The molecule has 4 heterocycles. The molecule has 0 bridgehead atoms. The van der Waals surface area contributed by atoms with Gasteiger partial charge in [-0.15, -0.1) is 10.2 Å². The zero-order valence-corrected chi connectivity index (χ0v) is 16.6. The van der Waals surface area contributed by atoms with Crippen LogP contribution in [0.3, 0.4) is 0 Å². The van der Waals surface area contributed by atoms with E-state index in [4.69, 9.17) is 9.15 Å². The highest BCUT2D eigenvalue weighted by Gasteiger charge is 2.30. The molecule has 0 amide bonds. The van der Waals surface area contributed by atoms with Crippen molar-refractivity contribution in [2.45, 2.75) is 57.5 Å². The van der Waals surface area contributed by atoms with Crippen LogP contribution in [0, 0.1) is 0 Å². The molecule has 2 fully saturated rings. The zero-order chi connectivity index (χ0) is 20.7. The Morgan fingerprint density at radius 2 is 2.10 bits per heavy atom. The van der Waals surface area contributed by atoms with Crippen LogP contribution in [0.2, 0.25) is 0 Å². The van der Waals surface area contributed by atoms with Crippen LogP contribution >= 0.6 is 0 Å². The van der Waals surface area contributed by atoms with Crippen LogP contribution in [-0.4, -0.2) is 49.4 Å². The number of nitrogens with zero attached hydrogens (tertiary/aromatic N) is 5. The van der Waals surface area contributed by atoms with Gasteiger partial charge < -0.3 is 14.5 Å². The fourth-order valence-electron chi connectivity index (χ4n) is 4.11. The second-order valence-electron chi connectivity index (χ2n) is 7.72. The van der Waals surface area contributed by atoms with Crippen molar-refractivity contribution in [1.29, 1.82) is 0 Å². The fourth-order valence-corrected chi connectivity index (χ4v) is 4.11. The molecule has 30 heavy (non-hydrogen) atoms. The van der Waals surface area contributed by atoms with Crippen molar-refractivity contribution in [2.75, 3.05) is 11.9 Å². The van der Waals surface area contributed by atoms with Gasteiger partial charge >= 0.3 is 5.97 Å². The van der Waals surface area contributed by atoms with Crippen molar-refractivity contribution in [3.63, 3.8) is 0 Å². The SMILES string of the molecule is CCn1ncc2c(NC3CCOC(=O)C3)c(-c3nnc(C4CCC(=O)C4)o3)cnc21. The molecule has 0 aromatic carbocycles. The summed E-state index contributed by atoms with van der Waals surface area (Å²) in [7, 11) is 0. The lowest BCUT2D eigenvalue weighted by Crippen LogP contribution is -2.31. The summed E-state index contributed by atoms with van der Waals surface area (Å²) in [5.74, 6) is 0.793. The lowest BCUT2D eigenvalue weighted by Gasteiger charge is -2.24. The second kappa shape index (κ2) is 7.51. The van der Waals surface area contributed by atoms with Crippen molar-refractivity contribution >= 4 is 28.5 Å². The monoisotopic (exact) mass is 410 g/mol. The summed E-state index contributed by atoms with van der Waals surface area (Å²) in [5, 5.41) is 17.1. The van der Waals surface area contributed by atoms with Crippen molar-refractivity contribution < 1.29 is 18.7 Å². The zero-order valence-electron chi connectivity index (χ0n) is 16.6. The Bertz CT molecular complexity index is 1120. The molecule has 1 aliphatic carbocycles. The number of hydrogen-bond donors (Lipinski definition) is 1. The molecule has 3 aromatic heterocycles. The maximum Gasteiger partial charge on any atom is 0.307 e. The molecule has 1 N–H and O–H groups in total. The van der Waals surface area contributed by atoms with E-state index in [1.54, 1.807) is 12.4 Å². The van der Waals surface area contributed by atoms with Crippen molar-refractivity contribution in [3.05, 3.63) is 18.3 Å². The fraction of sp³-hybridized carbons (Fsp3) is 0.500.